The largest absolute Gasteiger partial charge is 0.488 e. The first-order chi connectivity index (χ1) is 8.52. The second-order valence-electron chi connectivity index (χ2n) is 4.26. The SMILES string of the molecule is CC(C)Oc1cnn(CC(=O)N(C)CCC#N)c1. The van der Waals surface area contributed by atoms with Crippen molar-refractivity contribution < 1.29 is 9.53 Å². The normalized spacial score (nSPS) is 10.2. The molecule has 0 aliphatic carbocycles. The van der Waals surface area contributed by atoms with Crippen LogP contribution in [0.4, 0.5) is 0 Å². The van der Waals surface area contributed by atoms with Crippen molar-refractivity contribution in [2.45, 2.75) is 32.9 Å². The van der Waals surface area contributed by atoms with E-state index >= 15 is 0 Å². The first kappa shape index (κ1) is 14.0. The first-order valence-electron chi connectivity index (χ1n) is 5.83. The molecule has 1 aromatic rings. The van der Waals surface area contributed by atoms with E-state index in [0.717, 1.165) is 0 Å². The number of nitriles is 1. The van der Waals surface area contributed by atoms with Gasteiger partial charge in [0.1, 0.15) is 6.54 Å². The molecule has 1 amide bonds. The molecule has 0 saturated heterocycles. The second kappa shape index (κ2) is 6.64. The van der Waals surface area contributed by atoms with Gasteiger partial charge in [-0.1, -0.05) is 0 Å². The van der Waals surface area contributed by atoms with E-state index in [0.29, 0.717) is 18.7 Å². The lowest BCUT2D eigenvalue weighted by atomic mass is 10.4. The predicted molar refractivity (Wildman–Crippen MR) is 65.9 cm³/mol. The number of carbonyl (C=O) groups excluding carboxylic acids is 1. The minimum absolute atomic E-state index is 0.0792. The molecular formula is C12H18N4O2. The van der Waals surface area contributed by atoms with E-state index in [4.69, 9.17) is 10.00 Å². The van der Waals surface area contributed by atoms with Crippen LogP contribution in [0.15, 0.2) is 12.4 Å². The Bertz CT molecular complexity index is 434. The fraction of sp³-hybridized carbons (Fsp3) is 0.583. The van der Waals surface area contributed by atoms with Crippen molar-refractivity contribution in [3.8, 4) is 11.8 Å². The lowest BCUT2D eigenvalue weighted by Gasteiger charge is -2.15. The fourth-order valence-electron chi connectivity index (χ4n) is 1.37. The molecule has 0 fully saturated rings. The number of rotatable bonds is 6. The number of likely N-dealkylation sites (N-methyl/N-ethyl adjacent to an activating group) is 1. The molecule has 98 valence electrons. The highest BCUT2D eigenvalue weighted by Crippen LogP contribution is 2.10. The highest BCUT2D eigenvalue weighted by molar-refractivity contribution is 5.75. The van der Waals surface area contributed by atoms with Crippen LogP contribution in [0.2, 0.25) is 0 Å². The first-order valence-corrected chi connectivity index (χ1v) is 5.83. The molecule has 0 spiro atoms. The molecule has 0 unspecified atom stereocenters. The molecule has 6 heteroatoms. The van der Waals surface area contributed by atoms with E-state index in [2.05, 4.69) is 5.10 Å². The van der Waals surface area contributed by atoms with Crippen LogP contribution in [0, 0.1) is 11.3 Å². The second-order valence-corrected chi connectivity index (χ2v) is 4.26. The average molecular weight is 250 g/mol. The molecule has 1 rings (SSSR count). The van der Waals surface area contributed by atoms with Gasteiger partial charge >= 0.3 is 0 Å². The van der Waals surface area contributed by atoms with E-state index in [1.54, 1.807) is 19.4 Å². The third-order valence-electron chi connectivity index (χ3n) is 2.26. The molecule has 0 aromatic carbocycles. The van der Waals surface area contributed by atoms with Crippen LogP contribution in [0.3, 0.4) is 0 Å². The number of ether oxygens (including phenoxy) is 1. The lowest BCUT2D eigenvalue weighted by Crippen LogP contribution is -2.31. The van der Waals surface area contributed by atoms with Crippen LogP contribution in [-0.4, -0.2) is 40.3 Å². The van der Waals surface area contributed by atoms with Crippen LogP contribution in [0.5, 0.6) is 5.75 Å². The van der Waals surface area contributed by atoms with Crippen molar-refractivity contribution in [1.82, 2.24) is 14.7 Å². The molecule has 0 N–H and O–H groups in total. The number of amides is 1. The Morgan fingerprint density at radius 1 is 1.67 bits per heavy atom. The molecule has 0 atom stereocenters. The van der Waals surface area contributed by atoms with Gasteiger partial charge in [-0.2, -0.15) is 10.4 Å². The molecule has 18 heavy (non-hydrogen) atoms. The number of aromatic nitrogens is 2. The van der Waals surface area contributed by atoms with Gasteiger partial charge in [-0.15, -0.1) is 0 Å². The molecule has 1 aromatic heterocycles. The zero-order valence-electron chi connectivity index (χ0n) is 11.0. The summed E-state index contributed by atoms with van der Waals surface area (Å²) in [7, 11) is 1.68. The summed E-state index contributed by atoms with van der Waals surface area (Å²) in [4.78, 5) is 13.3. The summed E-state index contributed by atoms with van der Waals surface area (Å²) >= 11 is 0. The number of hydrogen-bond donors (Lipinski definition) is 0. The summed E-state index contributed by atoms with van der Waals surface area (Å²) in [6.45, 7) is 4.45. The van der Waals surface area contributed by atoms with Crippen LogP contribution >= 0.6 is 0 Å². The van der Waals surface area contributed by atoms with Crippen LogP contribution in [0.1, 0.15) is 20.3 Å². The summed E-state index contributed by atoms with van der Waals surface area (Å²) < 4.78 is 6.98. The average Bonchev–Trinajstić information content (AvgIpc) is 2.72. The minimum Gasteiger partial charge on any atom is -0.488 e. The molecule has 0 radical (unpaired) electrons. The maximum Gasteiger partial charge on any atom is 0.244 e. The Hall–Kier alpha value is -2.03. The van der Waals surface area contributed by atoms with Crippen LogP contribution < -0.4 is 4.74 Å². The van der Waals surface area contributed by atoms with Gasteiger partial charge in [-0.3, -0.25) is 9.48 Å². The summed E-state index contributed by atoms with van der Waals surface area (Å²) in [5.74, 6) is 0.571. The summed E-state index contributed by atoms with van der Waals surface area (Å²) in [6.07, 6.45) is 3.69. The standard InChI is InChI=1S/C12H18N4O2/c1-10(2)18-11-7-14-16(8-11)9-12(17)15(3)6-4-5-13/h7-8,10H,4,6,9H2,1-3H3. The van der Waals surface area contributed by atoms with Crippen molar-refractivity contribution in [1.29, 1.82) is 5.26 Å². The Kier molecular flexibility index (Phi) is 5.18. The highest BCUT2D eigenvalue weighted by atomic mass is 16.5. The van der Waals surface area contributed by atoms with Crippen molar-refractivity contribution in [2.24, 2.45) is 0 Å². The smallest absolute Gasteiger partial charge is 0.244 e. The van der Waals surface area contributed by atoms with Gasteiger partial charge in [0.25, 0.3) is 0 Å². The molecule has 0 aliphatic heterocycles. The predicted octanol–water partition coefficient (Wildman–Crippen LogP) is 1.04. The Labute approximate surface area is 107 Å². The van der Waals surface area contributed by atoms with Crippen molar-refractivity contribution in [2.75, 3.05) is 13.6 Å². The fourth-order valence-corrected chi connectivity index (χ4v) is 1.37. The van der Waals surface area contributed by atoms with Crippen molar-refractivity contribution in [3.05, 3.63) is 12.4 Å². The van der Waals surface area contributed by atoms with Crippen molar-refractivity contribution in [3.63, 3.8) is 0 Å². The third kappa shape index (κ3) is 4.45. The Morgan fingerprint density at radius 3 is 3.00 bits per heavy atom. The molecular weight excluding hydrogens is 232 g/mol. The van der Waals surface area contributed by atoms with E-state index in [1.807, 2.05) is 19.9 Å². The topological polar surface area (TPSA) is 71.2 Å². The zero-order chi connectivity index (χ0) is 13.5. The van der Waals surface area contributed by atoms with Gasteiger partial charge in [-0.05, 0) is 13.8 Å². The van der Waals surface area contributed by atoms with E-state index in [-0.39, 0.29) is 18.6 Å². The molecule has 0 bridgehead atoms. The van der Waals surface area contributed by atoms with Gasteiger partial charge < -0.3 is 9.64 Å². The van der Waals surface area contributed by atoms with Gasteiger partial charge in [0.05, 0.1) is 31.0 Å². The van der Waals surface area contributed by atoms with E-state index in [9.17, 15) is 4.79 Å². The third-order valence-corrected chi connectivity index (χ3v) is 2.26. The highest BCUT2D eigenvalue weighted by Gasteiger charge is 2.10. The van der Waals surface area contributed by atoms with Gasteiger partial charge in [0.2, 0.25) is 5.91 Å². The molecule has 0 aliphatic rings. The molecule has 6 nitrogen and oxygen atoms in total. The van der Waals surface area contributed by atoms with Crippen molar-refractivity contribution >= 4 is 5.91 Å². The maximum atomic E-state index is 11.8. The molecule has 1 heterocycles. The van der Waals surface area contributed by atoms with Crippen LogP contribution in [-0.2, 0) is 11.3 Å². The van der Waals surface area contributed by atoms with Crippen LogP contribution in [0.25, 0.3) is 0 Å². The minimum atomic E-state index is -0.0792. The van der Waals surface area contributed by atoms with Gasteiger partial charge in [0.15, 0.2) is 5.75 Å². The Balaban J connectivity index is 2.49. The lowest BCUT2D eigenvalue weighted by molar-refractivity contribution is -0.130. The zero-order valence-corrected chi connectivity index (χ0v) is 11.0. The summed E-state index contributed by atoms with van der Waals surface area (Å²) in [6, 6.07) is 2.01. The van der Waals surface area contributed by atoms with E-state index < -0.39 is 0 Å². The summed E-state index contributed by atoms with van der Waals surface area (Å²) in [5, 5.41) is 12.5. The number of nitrogens with zero attached hydrogens (tertiary/aromatic N) is 4. The number of carbonyl (C=O) groups is 1. The van der Waals surface area contributed by atoms with Gasteiger partial charge in [0, 0.05) is 13.6 Å². The quantitative estimate of drug-likeness (QED) is 0.756. The molecule has 0 saturated carbocycles. The monoisotopic (exact) mass is 250 g/mol. The maximum absolute atomic E-state index is 11.8. The number of hydrogen-bond acceptors (Lipinski definition) is 4. The van der Waals surface area contributed by atoms with Gasteiger partial charge in [-0.25, -0.2) is 0 Å². The summed E-state index contributed by atoms with van der Waals surface area (Å²) in [5.41, 5.74) is 0. The van der Waals surface area contributed by atoms with E-state index in [1.165, 1.54) is 9.58 Å². The Morgan fingerprint density at radius 2 is 2.39 bits per heavy atom.